The van der Waals surface area contributed by atoms with E-state index in [1.807, 2.05) is 0 Å². The van der Waals surface area contributed by atoms with Crippen molar-refractivity contribution in [3.63, 3.8) is 0 Å². The van der Waals surface area contributed by atoms with Gasteiger partial charge in [-0.3, -0.25) is 0 Å². The lowest BCUT2D eigenvalue weighted by atomic mass is 9.80. The first-order chi connectivity index (χ1) is 9.62. The fourth-order valence-electron chi connectivity index (χ4n) is 4.80. The summed E-state index contributed by atoms with van der Waals surface area (Å²) >= 11 is 0. The van der Waals surface area contributed by atoms with Gasteiger partial charge < -0.3 is 22.1 Å². The quantitative estimate of drug-likeness (QED) is 0.554. The van der Waals surface area contributed by atoms with Crippen molar-refractivity contribution in [3.8, 4) is 0 Å². The van der Waals surface area contributed by atoms with Crippen LogP contribution in [0.3, 0.4) is 0 Å². The minimum atomic E-state index is 0.209. The molecule has 0 aromatic rings. The molecule has 0 spiro atoms. The molecule has 0 aliphatic carbocycles. The van der Waals surface area contributed by atoms with Crippen molar-refractivity contribution in [3.05, 3.63) is 0 Å². The highest BCUT2D eigenvalue weighted by Gasteiger charge is 2.36. The lowest BCUT2D eigenvalue weighted by Crippen LogP contribution is -2.60. The van der Waals surface area contributed by atoms with Crippen LogP contribution in [0.25, 0.3) is 0 Å². The van der Waals surface area contributed by atoms with Crippen molar-refractivity contribution < 1.29 is 0 Å². The Morgan fingerprint density at radius 2 is 0.727 bits per heavy atom. The molecule has 2 fully saturated rings. The first-order valence-corrected chi connectivity index (χ1v) is 8.71. The molecule has 0 unspecified atom stereocenters. The molecule has 0 amide bonds. The molecule has 2 heterocycles. The molecule has 0 radical (unpaired) electrons. The van der Waals surface area contributed by atoms with Crippen molar-refractivity contribution >= 4 is 0 Å². The van der Waals surface area contributed by atoms with Crippen LogP contribution in [0.4, 0.5) is 0 Å². The zero-order valence-corrected chi connectivity index (χ0v) is 16.1. The number of hydrogen-bond acceptors (Lipinski definition) is 4. The molecular formula is C18H40N4. The molecule has 4 heteroatoms. The standard InChI is InChI=1S/2C9H20N2/c2*1-8(2)5-7(10)6-9(3,4)11-8/h2*7,11H,5-6,10H2,1-4H3. The first-order valence-electron chi connectivity index (χ1n) is 8.71. The summed E-state index contributed by atoms with van der Waals surface area (Å²) in [6, 6.07) is 0.725. The molecule has 132 valence electrons. The van der Waals surface area contributed by atoms with Gasteiger partial charge in [0.2, 0.25) is 0 Å². The Balaban J connectivity index is 0.000000220. The van der Waals surface area contributed by atoms with Gasteiger partial charge in [-0.2, -0.15) is 0 Å². The first kappa shape index (κ1) is 19.9. The molecule has 4 nitrogen and oxygen atoms in total. The topological polar surface area (TPSA) is 76.1 Å². The van der Waals surface area contributed by atoms with Crippen LogP contribution in [0, 0.1) is 0 Å². The smallest absolute Gasteiger partial charge is 0.0144 e. The lowest BCUT2D eigenvalue weighted by molar-refractivity contribution is 0.163. The summed E-state index contributed by atoms with van der Waals surface area (Å²) in [5.41, 5.74) is 12.7. The number of nitrogens with one attached hydrogen (secondary N) is 2. The summed E-state index contributed by atoms with van der Waals surface area (Å²) in [6.45, 7) is 17.7. The van der Waals surface area contributed by atoms with Gasteiger partial charge in [0.25, 0.3) is 0 Å². The molecule has 2 saturated heterocycles. The predicted molar refractivity (Wildman–Crippen MR) is 97.0 cm³/mol. The van der Waals surface area contributed by atoms with Crippen molar-refractivity contribution in [1.29, 1.82) is 0 Å². The normalized spacial score (nSPS) is 30.3. The fourth-order valence-corrected chi connectivity index (χ4v) is 4.80. The van der Waals surface area contributed by atoms with Crippen LogP contribution < -0.4 is 22.1 Å². The van der Waals surface area contributed by atoms with E-state index < -0.39 is 0 Å². The van der Waals surface area contributed by atoms with Gasteiger partial charge in [0.15, 0.2) is 0 Å². The van der Waals surface area contributed by atoms with E-state index in [2.05, 4.69) is 66.0 Å². The van der Waals surface area contributed by atoms with Gasteiger partial charge in [-0.05, 0) is 81.1 Å². The fraction of sp³-hybridized carbons (Fsp3) is 1.00. The average Bonchev–Trinajstić information content (AvgIpc) is 2.03. The van der Waals surface area contributed by atoms with E-state index in [0.29, 0.717) is 12.1 Å². The van der Waals surface area contributed by atoms with E-state index in [-0.39, 0.29) is 22.2 Å². The Morgan fingerprint density at radius 3 is 0.864 bits per heavy atom. The third kappa shape index (κ3) is 6.95. The summed E-state index contributed by atoms with van der Waals surface area (Å²) in [4.78, 5) is 0. The number of rotatable bonds is 0. The van der Waals surface area contributed by atoms with E-state index in [4.69, 9.17) is 11.5 Å². The van der Waals surface area contributed by atoms with E-state index in [9.17, 15) is 0 Å². The van der Waals surface area contributed by atoms with Crippen LogP contribution in [-0.4, -0.2) is 34.2 Å². The maximum Gasteiger partial charge on any atom is 0.0144 e. The molecule has 2 rings (SSSR count). The Bertz CT molecular complexity index is 303. The van der Waals surface area contributed by atoms with Crippen LogP contribution in [-0.2, 0) is 0 Å². The molecule has 0 aromatic heterocycles. The summed E-state index contributed by atoms with van der Waals surface area (Å²) in [7, 11) is 0. The van der Waals surface area contributed by atoms with Crippen LogP contribution in [0.1, 0.15) is 81.1 Å². The summed E-state index contributed by atoms with van der Waals surface area (Å²) < 4.78 is 0. The largest absolute Gasteiger partial charge is 0.328 e. The second-order valence-electron chi connectivity index (χ2n) is 10.1. The molecule has 0 bridgehead atoms. The molecule has 0 saturated carbocycles. The Hall–Kier alpha value is -0.160. The molecular weight excluding hydrogens is 272 g/mol. The number of hydrogen-bond donors (Lipinski definition) is 4. The summed E-state index contributed by atoms with van der Waals surface area (Å²) in [6.07, 6.45) is 4.32. The highest BCUT2D eigenvalue weighted by molar-refractivity contribution is 4.99. The minimum Gasteiger partial charge on any atom is -0.328 e. The van der Waals surface area contributed by atoms with E-state index >= 15 is 0 Å². The van der Waals surface area contributed by atoms with Gasteiger partial charge in [-0.25, -0.2) is 0 Å². The van der Waals surface area contributed by atoms with Crippen LogP contribution in [0.2, 0.25) is 0 Å². The third-order valence-electron chi connectivity index (χ3n) is 4.44. The molecule has 0 aromatic carbocycles. The van der Waals surface area contributed by atoms with Crippen LogP contribution >= 0.6 is 0 Å². The monoisotopic (exact) mass is 312 g/mol. The minimum absolute atomic E-state index is 0.209. The van der Waals surface area contributed by atoms with Gasteiger partial charge >= 0.3 is 0 Å². The third-order valence-corrected chi connectivity index (χ3v) is 4.44. The van der Waals surface area contributed by atoms with Crippen LogP contribution in [0.5, 0.6) is 0 Å². The summed E-state index contributed by atoms with van der Waals surface area (Å²) in [5.74, 6) is 0. The zero-order valence-electron chi connectivity index (χ0n) is 16.1. The van der Waals surface area contributed by atoms with E-state index in [1.165, 1.54) is 0 Å². The van der Waals surface area contributed by atoms with Gasteiger partial charge in [-0.15, -0.1) is 0 Å². The average molecular weight is 313 g/mol. The van der Waals surface area contributed by atoms with Crippen molar-refractivity contribution in [2.45, 2.75) is 115 Å². The highest BCUT2D eigenvalue weighted by Crippen LogP contribution is 2.27. The van der Waals surface area contributed by atoms with Crippen molar-refractivity contribution in [2.24, 2.45) is 11.5 Å². The Labute approximate surface area is 138 Å². The van der Waals surface area contributed by atoms with Crippen LogP contribution in [0.15, 0.2) is 0 Å². The summed E-state index contributed by atoms with van der Waals surface area (Å²) in [5, 5.41) is 7.16. The highest BCUT2D eigenvalue weighted by atomic mass is 15.1. The lowest BCUT2D eigenvalue weighted by Gasteiger charge is -2.45. The molecule has 2 aliphatic rings. The molecule has 6 N–H and O–H groups in total. The molecule has 0 atom stereocenters. The van der Waals surface area contributed by atoms with Crippen molar-refractivity contribution in [1.82, 2.24) is 10.6 Å². The van der Waals surface area contributed by atoms with Gasteiger partial charge in [0.1, 0.15) is 0 Å². The van der Waals surface area contributed by atoms with E-state index in [1.54, 1.807) is 0 Å². The second-order valence-corrected chi connectivity index (χ2v) is 10.1. The van der Waals surface area contributed by atoms with Gasteiger partial charge in [0.05, 0.1) is 0 Å². The van der Waals surface area contributed by atoms with Gasteiger partial charge in [-0.1, -0.05) is 0 Å². The molecule has 2 aliphatic heterocycles. The SMILES string of the molecule is CC1(C)CC(N)CC(C)(C)N1.CC1(C)CC(N)CC(C)(C)N1. The van der Waals surface area contributed by atoms with Crippen molar-refractivity contribution in [2.75, 3.05) is 0 Å². The number of nitrogens with two attached hydrogens (primary N) is 2. The Kier molecular flexibility index (Phi) is 5.77. The Morgan fingerprint density at radius 1 is 0.545 bits per heavy atom. The maximum absolute atomic E-state index is 5.95. The second kappa shape index (κ2) is 6.39. The predicted octanol–water partition coefficient (Wildman–Crippen LogP) is 2.51. The zero-order chi connectivity index (χ0) is 17.4. The number of piperidine rings is 2. The van der Waals surface area contributed by atoms with E-state index in [0.717, 1.165) is 25.7 Å². The van der Waals surface area contributed by atoms with Gasteiger partial charge in [0, 0.05) is 34.2 Å². The maximum atomic E-state index is 5.95. The molecule has 22 heavy (non-hydrogen) atoms.